The molecule has 1 heterocycles. The Morgan fingerprint density at radius 3 is 2.59 bits per heavy atom. The van der Waals surface area contributed by atoms with E-state index in [1.165, 1.54) is 0 Å². The second-order valence-electron chi connectivity index (χ2n) is 6.48. The summed E-state index contributed by atoms with van der Waals surface area (Å²) in [6.07, 6.45) is 2.08. The summed E-state index contributed by atoms with van der Waals surface area (Å²) in [5, 5.41) is 0.676. The first-order chi connectivity index (χ1) is 13.2. The average Bonchev–Trinajstić information content (AvgIpc) is 3.20. The molecule has 2 aromatic rings. The zero-order valence-corrected chi connectivity index (χ0v) is 16.2. The molecule has 144 valence electrons. The summed E-state index contributed by atoms with van der Waals surface area (Å²) < 4.78 is 16.7. The molecule has 0 radical (unpaired) electrons. The van der Waals surface area contributed by atoms with Gasteiger partial charge in [0.25, 0.3) is 5.91 Å². The number of para-hydroxylation sites is 2. The molecule has 1 saturated heterocycles. The van der Waals surface area contributed by atoms with E-state index >= 15 is 0 Å². The van der Waals surface area contributed by atoms with Crippen molar-refractivity contribution in [2.75, 3.05) is 26.9 Å². The van der Waals surface area contributed by atoms with Crippen LogP contribution in [0.5, 0.6) is 11.5 Å². The summed E-state index contributed by atoms with van der Waals surface area (Å²) in [6, 6.07) is 14.8. The minimum atomic E-state index is -0.0913. The zero-order valence-electron chi connectivity index (χ0n) is 15.4. The maximum Gasteiger partial charge on any atom is 0.260 e. The van der Waals surface area contributed by atoms with Crippen molar-refractivity contribution in [1.29, 1.82) is 0 Å². The van der Waals surface area contributed by atoms with E-state index in [1.807, 2.05) is 36.4 Å². The predicted octanol–water partition coefficient (Wildman–Crippen LogP) is 3.94. The van der Waals surface area contributed by atoms with Gasteiger partial charge in [0.2, 0.25) is 0 Å². The maximum atomic E-state index is 12.9. The molecule has 0 spiro atoms. The molecule has 0 bridgehead atoms. The van der Waals surface area contributed by atoms with Crippen LogP contribution in [0.25, 0.3) is 0 Å². The number of hydrogen-bond acceptors (Lipinski definition) is 4. The Labute approximate surface area is 164 Å². The van der Waals surface area contributed by atoms with Gasteiger partial charge >= 0.3 is 0 Å². The smallest absolute Gasteiger partial charge is 0.260 e. The molecule has 0 aliphatic carbocycles. The maximum absolute atomic E-state index is 12.9. The number of ether oxygens (including phenoxy) is 3. The third kappa shape index (κ3) is 5.62. The van der Waals surface area contributed by atoms with Crippen LogP contribution in [0.2, 0.25) is 5.02 Å². The fourth-order valence-electron chi connectivity index (χ4n) is 3.07. The molecule has 1 atom stereocenters. The van der Waals surface area contributed by atoms with Crippen LogP contribution < -0.4 is 9.47 Å². The number of rotatable bonds is 8. The van der Waals surface area contributed by atoms with Gasteiger partial charge in [0.1, 0.15) is 0 Å². The van der Waals surface area contributed by atoms with E-state index in [9.17, 15) is 4.79 Å². The molecule has 1 amide bonds. The van der Waals surface area contributed by atoms with Crippen molar-refractivity contribution in [3.8, 4) is 11.5 Å². The fraction of sp³-hybridized carbons (Fsp3) is 0.381. The minimum absolute atomic E-state index is 0.0549. The van der Waals surface area contributed by atoms with E-state index in [0.29, 0.717) is 29.6 Å². The van der Waals surface area contributed by atoms with E-state index in [1.54, 1.807) is 24.1 Å². The zero-order chi connectivity index (χ0) is 19.1. The van der Waals surface area contributed by atoms with Gasteiger partial charge in [0.15, 0.2) is 18.1 Å². The minimum Gasteiger partial charge on any atom is -0.493 e. The normalized spacial score (nSPS) is 16.1. The fourth-order valence-corrected chi connectivity index (χ4v) is 3.19. The van der Waals surface area contributed by atoms with Crippen molar-refractivity contribution in [1.82, 2.24) is 4.90 Å². The Bertz CT molecular complexity index is 744. The third-order valence-corrected chi connectivity index (χ3v) is 4.76. The lowest BCUT2D eigenvalue weighted by Crippen LogP contribution is -2.39. The van der Waals surface area contributed by atoms with Crippen LogP contribution in [-0.4, -0.2) is 43.8 Å². The van der Waals surface area contributed by atoms with Gasteiger partial charge in [-0.1, -0.05) is 35.9 Å². The summed E-state index contributed by atoms with van der Waals surface area (Å²) >= 11 is 5.96. The van der Waals surface area contributed by atoms with E-state index in [0.717, 1.165) is 25.0 Å². The quantitative estimate of drug-likeness (QED) is 0.686. The van der Waals surface area contributed by atoms with Crippen molar-refractivity contribution in [2.24, 2.45) is 0 Å². The van der Waals surface area contributed by atoms with Crippen LogP contribution in [0.3, 0.4) is 0 Å². The highest BCUT2D eigenvalue weighted by molar-refractivity contribution is 6.30. The summed E-state index contributed by atoms with van der Waals surface area (Å²) in [7, 11) is 1.58. The molecule has 5 nitrogen and oxygen atoms in total. The van der Waals surface area contributed by atoms with Crippen LogP contribution in [0, 0.1) is 0 Å². The summed E-state index contributed by atoms with van der Waals surface area (Å²) in [5.74, 6) is 1.07. The molecule has 3 rings (SSSR count). The number of methoxy groups -OCH3 is 1. The van der Waals surface area contributed by atoms with Gasteiger partial charge < -0.3 is 19.1 Å². The highest BCUT2D eigenvalue weighted by Gasteiger charge is 2.23. The molecule has 1 aliphatic heterocycles. The topological polar surface area (TPSA) is 48.0 Å². The Balaban J connectivity index is 1.66. The lowest BCUT2D eigenvalue weighted by atomic mass is 10.2. The lowest BCUT2D eigenvalue weighted by molar-refractivity contribution is -0.135. The van der Waals surface area contributed by atoms with Crippen LogP contribution in [-0.2, 0) is 16.1 Å². The summed E-state index contributed by atoms with van der Waals surface area (Å²) in [6.45, 7) is 1.74. The van der Waals surface area contributed by atoms with Crippen molar-refractivity contribution >= 4 is 17.5 Å². The van der Waals surface area contributed by atoms with Gasteiger partial charge in [-0.3, -0.25) is 4.79 Å². The monoisotopic (exact) mass is 389 g/mol. The van der Waals surface area contributed by atoms with Crippen molar-refractivity contribution in [2.45, 2.75) is 25.5 Å². The van der Waals surface area contributed by atoms with Crippen LogP contribution in [0.15, 0.2) is 48.5 Å². The average molecular weight is 390 g/mol. The SMILES string of the molecule is COc1ccccc1OCC(=O)N(Cc1ccc(Cl)cc1)C[C@@H]1CCCO1. The molecular formula is C21H24ClNO4. The number of benzene rings is 2. The molecule has 0 aromatic heterocycles. The Morgan fingerprint density at radius 2 is 1.93 bits per heavy atom. The first-order valence-electron chi connectivity index (χ1n) is 9.05. The van der Waals surface area contributed by atoms with Crippen LogP contribution in [0.1, 0.15) is 18.4 Å². The lowest BCUT2D eigenvalue weighted by Gasteiger charge is -2.26. The van der Waals surface area contributed by atoms with E-state index in [-0.39, 0.29) is 18.6 Å². The molecule has 0 N–H and O–H groups in total. The van der Waals surface area contributed by atoms with Gasteiger partial charge in [0, 0.05) is 24.7 Å². The van der Waals surface area contributed by atoms with Crippen molar-refractivity contribution in [3.63, 3.8) is 0 Å². The van der Waals surface area contributed by atoms with Gasteiger partial charge in [-0.25, -0.2) is 0 Å². The second-order valence-corrected chi connectivity index (χ2v) is 6.91. The number of hydrogen-bond donors (Lipinski definition) is 0. The standard InChI is InChI=1S/C21H24ClNO4/c1-25-19-6-2-3-7-20(19)27-15-21(24)23(14-18-5-4-12-26-18)13-16-8-10-17(22)11-9-16/h2-3,6-11,18H,4-5,12-15H2,1H3/t18-/m0/s1. The van der Waals surface area contributed by atoms with E-state index < -0.39 is 0 Å². The van der Waals surface area contributed by atoms with Crippen molar-refractivity contribution in [3.05, 3.63) is 59.1 Å². The van der Waals surface area contributed by atoms with Crippen LogP contribution in [0.4, 0.5) is 0 Å². The van der Waals surface area contributed by atoms with Crippen molar-refractivity contribution < 1.29 is 19.0 Å². The number of carbonyl (C=O) groups is 1. The Hall–Kier alpha value is -2.24. The molecular weight excluding hydrogens is 366 g/mol. The second kappa shape index (κ2) is 9.62. The summed E-state index contributed by atoms with van der Waals surface area (Å²) in [4.78, 5) is 14.6. The van der Waals surface area contributed by atoms with Gasteiger partial charge in [-0.05, 0) is 42.7 Å². The highest BCUT2D eigenvalue weighted by Crippen LogP contribution is 2.26. The first-order valence-corrected chi connectivity index (χ1v) is 9.43. The molecule has 0 unspecified atom stereocenters. The molecule has 2 aromatic carbocycles. The Morgan fingerprint density at radius 1 is 1.19 bits per heavy atom. The van der Waals surface area contributed by atoms with Gasteiger partial charge in [-0.15, -0.1) is 0 Å². The predicted molar refractivity (Wildman–Crippen MR) is 104 cm³/mol. The molecule has 27 heavy (non-hydrogen) atoms. The number of halogens is 1. The highest BCUT2D eigenvalue weighted by atomic mass is 35.5. The number of carbonyl (C=O) groups excluding carboxylic acids is 1. The molecule has 0 saturated carbocycles. The Kier molecular flexibility index (Phi) is 6.96. The first kappa shape index (κ1) is 19.5. The van der Waals surface area contributed by atoms with E-state index in [4.69, 9.17) is 25.8 Å². The van der Waals surface area contributed by atoms with E-state index in [2.05, 4.69) is 0 Å². The number of nitrogens with zero attached hydrogens (tertiary/aromatic N) is 1. The molecule has 1 fully saturated rings. The third-order valence-electron chi connectivity index (χ3n) is 4.51. The molecule has 6 heteroatoms. The van der Waals surface area contributed by atoms with Crippen LogP contribution >= 0.6 is 11.6 Å². The van der Waals surface area contributed by atoms with Gasteiger partial charge in [-0.2, -0.15) is 0 Å². The number of amides is 1. The molecule has 1 aliphatic rings. The van der Waals surface area contributed by atoms with Gasteiger partial charge in [0.05, 0.1) is 13.2 Å². The largest absolute Gasteiger partial charge is 0.493 e. The summed E-state index contributed by atoms with van der Waals surface area (Å²) in [5.41, 5.74) is 1.02.